The van der Waals surface area contributed by atoms with Gasteiger partial charge in [-0.15, -0.1) is 0 Å². The molecule has 0 radical (unpaired) electrons. The van der Waals surface area contributed by atoms with Crippen LogP contribution in [0.15, 0.2) is 48.5 Å². The summed E-state index contributed by atoms with van der Waals surface area (Å²) in [5.74, 6) is -0.800. The predicted molar refractivity (Wildman–Crippen MR) is 140 cm³/mol. The molecule has 2 saturated heterocycles. The molecule has 2 aromatic rings. The lowest BCUT2D eigenvalue weighted by atomic mass is 9.52. The Morgan fingerprint density at radius 3 is 2.58 bits per heavy atom. The first-order valence-corrected chi connectivity index (χ1v) is 14.0. The van der Waals surface area contributed by atoms with Gasteiger partial charge in [0.1, 0.15) is 30.7 Å². The molecule has 0 aromatic heterocycles. The van der Waals surface area contributed by atoms with Crippen LogP contribution in [0, 0.1) is 5.92 Å². The number of piperidine rings is 1. The van der Waals surface area contributed by atoms with Gasteiger partial charge in [0.2, 0.25) is 6.29 Å². The van der Waals surface area contributed by atoms with E-state index in [0.717, 1.165) is 48.8 Å². The van der Waals surface area contributed by atoms with Crippen LogP contribution in [0.3, 0.4) is 0 Å². The summed E-state index contributed by atoms with van der Waals surface area (Å²) in [6.07, 6.45) is -2.95. The normalized spacial score (nSPS) is 34.8. The lowest BCUT2D eigenvalue weighted by Gasteiger charge is -2.58. The molecule has 3 fully saturated rings. The molecule has 2 aliphatic heterocycles. The molecule has 1 saturated carbocycles. The topological polar surface area (TPSA) is 146 Å². The number of aliphatic hydroxyl groups excluding tert-OH is 3. The summed E-state index contributed by atoms with van der Waals surface area (Å²) in [6.45, 7) is 0.827. The molecule has 8 atom stereocenters. The zero-order valence-corrected chi connectivity index (χ0v) is 22.1. The second-order valence-electron chi connectivity index (χ2n) is 11.4. The van der Waals surface area contributed by atoms with Gasteiger partial charge in [0.05, 0.1) is 0 Å². The second kappa shape index (κ2) is 10.7. The first kappa shape index (κ1) is 27.0. The van der Waals surface area contributed by atoms with Gasteiger partial charge >= 0.3 is 12.1 Å². The van der Waals surface area contributed by atoms with E-state index in [2.05, 4.69) is 0 Å². The molecule has 6 rings (SSSR count). The third-order valence-corrected chi connectivity index (χ3v) is 9.31. The Balaban J connectivity index is 1.24. The van der Waals surface area contributed by atoms with Crippen LogP contribution in [-0.4, -0.2) is 80.7 Å². The smallest absolute Gasteiger partial charge is 0.410 e. The SMILES string of the molecule is O=C(O)[C@H]1O[C@@H](Oc2ccc3c(c2)[C@]24CCCC[C@@H]2[C@H](C3)N(C(=O)OCc2ccccc2)CC4)[C@H](O)[C@@H](O)[C@@H]1O. The molecule has 10 heteroatoms. The number of carboxylic acids is 1. The average molecular weight is 554 g/mol. The van der Waals surface area contributed by atoms with Crippen molar-refractivity contribution < 1.29 is 44.2 Å². The molecule has 1 amide bonds. The van der Waals surface area contributed by atoms with E-state index < -0.39 is 36.7 Å². The molecule has 2 heterocycles. The lowest BCUT2D eigenvalue weighted by Crippen LogP contribution is -2.62. The minimum absolute atomic E-state index is 0.0352. The average Bonchev–Trinajstić information content (AvgIpc) is 2.97. The van der Waals surface area contributed by atoms with Crippen molar-refractivity contribution in [3.63, 3.8) is 0 Å². The number of rotatable bonds is 5. The van der Waals surface area contributed by atoms with Crippen molar-refractivity contribution in [1.82, 2.24) is 4.90 Å². The number of hydrogen-bond acceptors (Lipinski definition) is 8. The third kappa shape index (κ3) is 4.62. The summed E-state index contributed by atoms with van der Waals surface area (Å²) >= 11 is 0. The van der Waals surface area contributed by atoms with Gasteiger partial charge < -0.3 is 39.5 Å². The molecule has 0 unspecified atom stereocenters. The zero-order valence-electron chi connectivity index (χ0n) is 22.1. The van der Waals surface area contributed by atoms with Gasteiger partial charge in [0.15, 0.2) is 6.10 Å². The summed E-state index contributed by atoms with van der Waals surface area (Å²) in [6, 6.07) is 15.3. The largest absolute Gasteiger partial charge is 0.479 e. The highest BCUT2D eigenvalue weighted by molar-refractivity contribution is 5.73. The third-order valence-electron chi connectivity index (χ3n) is 9.31. The van der Waals surface area contributed by atoms with Crippen LogP contribution in [0.1, 0.15) is 48.8 Å². The number of ether oxygens (including phenoxy) is 3. The molecule has 2 bridgehead atoms. The van der Waals surface area contributed by atoms with Crippen molar-refractivity contribution >= 4 is 12.1 Å². The van der Waals surface area contributed by atoms with E-state index in [1.807, 2.05) is 47.4 Å². The van der Waals surface area contributed by atoms with Crippen LogP contribution in [0.5, 0.6) is 5.75 Å². The number of nitrogens with zero attached hydrogens (tertiary/aromatic N) is 1. The molecule has 4 aliphatic rings. The Morgan fingerprint density at radius 2 is 1.80 bits per heavy atom. The molecule has 0 spiro atoms. The van der Waals surface area contributed by atoms with Crippen LogP contribution < -0.4 is 4.74 Å². The van der Waals surface area contributed by atoms with Gasteiger partial charge in [-0.1, -0.05) is 49.2 Å². The van der Waals surface area contributed by atoms with Crippen molar-refractivity contribution in [3.8, 4) is 5.75 Å². The van der Waals surface area contributed by atoms with Gasteiger partial charge in [0.25, 0.3) is 0 Å². The van der Waals surface area contributed by atoms with Crippen LogP contribution >= 0.6 is 0 Å². The number of carbonyl (C=O) groups excluding carboxylic acids is 1. The maximum atomic E-state index is 13.3. The fourth-order valence-electron chi connectivity index (χ4n) is 7.37. The van der Waals surface area contributed by atoms with E-state index in [4.69, 9.17) is 14.2 Å². The molecule has 40 heavy (non-hydrogen) atoms. The van der Waals surface area contributed by atoms with Crippen molar-refractivity contribution in [1.29, 1.82) is 0 Å². The number of likely N-dealkylation sites (tertiary alicyclic amines) is 1. The van der Waals surface area contributed by atoms with E-state index in [1.165, 1.54) is 0 Å². The van der Waals surface area contributed by atoms with Crippen LogP contribution in [0.4, 0.5) is 4.79 Å². The lowest BCUT2D eigenvalue weighted by molar-refractivity contribution is -0.271. The highest BCUT2D eigenvalue weighted by atomic mass is 16.7. The van der Waals surface area contributed by atoms with E-state index >= 15 is 0 Å². The maximum Gasteiger partial charge on any atom is 0.410 e. The maximum absolute atomic E-state index is 13.3. The van der Waals surface area contributed by atoms with Gasteiger partial charge in [-0.3, -0.25) is 0 Å². The van der Waals surface area contributed by atoms with Gasteiger partial charge in [-0.2, -0.15) is 0 Å². The number of carboxylic acid groups (broad SMARTS) is 1. The van der Waals surface area contributed by atoms with Gasteiger partial charge in [-0.25, -0.2) is 9.59 Å². The summed E-state index contributed by atoms with van der Waals surface area (Å²) in [5.41, 5.74) is 3.10. The van der Waals surface area contributed by atoms with Crippen LogP contribution in [-0.2, 0) is 32.7 Å². The molecule has 2 aromatic carbocycles. The Kier molecular flexibility index (Phi) is 7.20. The van der Waals surface area contributed by atoms with E-state index in [9.17, 15) is 30.0 Å². The predicted octanol–water partition coefficient (Wildman–Crippen LogP) is 2.35. The number of carbonyl (C=O) groups is 2. The number of aliphatic carboxylic acids is 1. The van der Waals surface area contributed by atoms with E-state index in [1.54, 1.807) is 6.07 Å². The summed E-state index contributed by atoms with van der Waals surface area (Å²) in [4.78, 5) is 26.7. The summed E-state index contributed by atoms with van der Waals surface area (Å²) < 4.78 is 17.0. The van der Waals surface area contributed by atoms with Crippen LogP contribution in [0.25, 0.3) is 0 Å². The van der Waals surface area contributed by atoms with Crippen molar-refractivity contribution in [3.05, 3.63) is 65.2 Å². The number of fused-ring (bicyclic) bond motifs is 1. The Morgan fingerprint density at radius 1 is 1.00 bits per heavy atom. The molecular formula is C30H35NO9. The zero-order chi connectivity index (χ0) is 28.0. The van der Waals surface area contributed by atoms with Crippen LogP contribution in [0.2, 0.25) is 0 Å². The highest BCUT2D eigenvalue weighted by Crippen LogP contribution is 2.56. The Hall–Kier alpha value is -3.18. The first-order chi connectivity index (χ1) is 19.3. The Labute approximate surface area is 232 Å². The quantitative estimate of drug-likeness (QED) is 0.438. The number of hydrogen-bond donors (Lipinski definition) is 4. The van der Waals surface area contributed by atoms with E-state index in [0.29, 0.717) is 18.7 Å². The Bertz CT molecular complexity index is 1250. The fourth-order valence-corrected chi connectivity index (χ4v) is 7.37. The van der Waals surface area contributed by atoms with Crippen molar-refractivity contribution in [2.75, 3.05) is 6.54 Å². The minimum Gasteiger partial charge on any atom is -0.479 e. The number of benzene rings is 2. The van der Waals surface area contributed by atoms with E-state index in [-0.39, 0.29) is 30.1 Å². The monoisotopic (exact) mass is 553 g/mol. The van der Waals surface area contributed by atoms with Gasteiger partial charge in [0, 0.05) is 18.0 Å². The molecule has 214 valence electrons. The standard InChI is InChI=1S/C30H35NO9/c32-23-24(33)26(27(35)36)40-28(25(23)34)39-19-10-9-18-14-22-20-8-4-5-11-30(20,21(18)15-19)12-13-31(22)29(37)38-16-17-6-2-1-3-7-17/h1-3,6-7,9-10,15,20,22-26,28,32-34H,4-5,8,11-14,16H2,(H,35,36)/t20-,22+,23+,24+,25-,26+,28-,30+/m1/s1. The number of aliphatic hydroxyl groups is 3. The number of amides is 1. The minimum atomic E-state index is -1.78. The van der Waals surface area contributed by atoms with Gasteiger partial charge in [-0.05, 0) is 60.4 Å². The molecule has 10 nitrogen and oxygen atoms in total. The molecular weight excluding hydrogens is 518 g/mol. The summed E-state index contributed by atoms with van der Waals surface area (Å²) in [5, 5.41) is 40.0. The first-order valence-electron chi connectivity index (χ1n) is 14.0. The highest BCUT2D eigenvalue weighted by Gasteiger charge is 2.55. The molecule has 4 N–H and O–H groups in total. The fraction of sp³-hybridized carbons (Fsp3) is 0.533. The second-order valence-corrected chi connectivity index (χ2v) is 11.4. The summed E-state index contributed by atoms with van der Waals surface area (Å²) in [7, 11) is 0. The van der Waals surface area contributed by atoms with Crippen molar-refractivity contribution in [2.24, 2.45) is 5.92 Å². The van der Waals surface area contributed by atoms with Crippen molar-refractivity contribution in [2.45, 2.75) is 87.3 Å². The molecule has 2 aliphatic carbocycles.